The molecule has 0 bridgehead atoms. The molecule has 0 aliphatic heterocycles. The third kappa shape index (κ3) is 3.04. The number of carbonyl (C=O) groups excluding carboxylic acids is 1. The van der Waals surface area contributed by atoms with Crippen LogP contribution in [0.25, 0.3) is 5.65 Å². The van der Waals surface area contributed by atoms with Gasteiger partial charge in [0.15, 0.2) is 0 Å². The zero-order valence-corrected chi connectivity index (χ0v) is 12.3. The predicted octanol–water partition coefficient (Wildman–Crippen LogP) is 1.87. The molecule has 112 valence electrons. The quantitative estimate of drug-likeness (QED) is 0.880. The van der Waals surface area contributed by atoms with Crippen molar-refractivity contribution in [1.29, 1.82) is 0 Å². The number of carboxylic acid groups (broad SMARTS) is 1. The number of rotatable bonds is 5. The lowest BCUT2D eigenvalue weighted by Crippen LogP contribution is -2.45. The third-order valence-corrected chi connectivity index (χ3v) is 3.68. The standard InChI is InChI=1S/C15H19N3O3/c1-4-9(2)12(15(20)21)17-14(19)11-8-18-7-5-6-10(3)13(18)16-11/h5-9,12H,4H2,1-3H3,(H,17,19)(H,20,21). The summed E-state index contributed by atoms with van der Waals surface area (Å²) in [7, 11) is 0. The Kier molecular flexibility index (Phi) is 4.26. The van der Waals surface area contributed by atoms with Crippen molar-refractivity contribution in [3.63, 3.8) is 0 Å². The van der Waals surface area contributed by atoms with Gasteiger partial charge in [0.1, 0.15) is 17.4 Å². The second-order valence-corrected chi connectivity index (χ2v) is 5.22. The first-order chi connectivity index (χ1) is 9.93. The van der Waals surface area contributed by atoms with Crippen LogP contribution in [0, 0.1) is 12.8 Å². The number of fused-ring (bicyclic) bond motifs is 1. The molecule has 0 aromatic carbocycles. The summed E-state index contributed by atoms with van der Waals surface area (Å²) in [5, 5.41) is 11.8. The zero-order valence-electron chi connectivity index (χ0n) is 12.3. The van der Waals surface area contributed by atoms with Crippen molar-refractivity contribution < 1.29 is 14.7 Å². The van der Waals surface area contributed by atoms with Crippen molar-refractivity contribution in [2.24, 2.45) is 5.92 Å². The van der Waals surface area contributed by atoms with Crippen LogP contribution in [0.15, 0.2) is 24.5 Å². The first-order valence-corrected chi connectivity index (χ1v) is 6.92. The molecule has 6 nitrogen and oxygen atoms in total. The average molecular weight is 289 g/mol. The van der Waals surface area contributed by atoms with Gasteiger partial charge in [0.25, 0.3) is 5.91 Å². The topological polar surface area (TPSA) is 83.7 Å². The summed E-state index contributed by atoms with van der Waals surface area (Å²) in [6.45, 7) is 5.59. The van der Waals surface area contributed by atoms with Crippen LogP contribution in [-0.2, 0) is 4.79 Å². The lowest BCUT2D eigenvalue weighted by atomic mass is 9.99. The second-order valence-electron chi connectivity index (χ2n) is 5.22. The van der Waals surface area contributed by atoms with Gasteiger partial charge in [-0.2, -0.15) is 0 Å². The number of imidazole rings is 1. The molecular formula is C15H19N3O3. The van der Waals surface area contributed by atoms with Gasteiger partial charge >= 0.3 is 5.97 Å². The molecule has 0 aliphatic carbocycles. The Morgan fingerprint density at radius 2 is 2.19 bits per heavy atom. The maximum atomic E-state index is 12.2. The van der Waals surface area contributed by atoms with E-state index in [2.05, 4.69) is 10.3 Å². The molecule has 2 heterocycles. The van der Waals surface area contributed by atoms with E-state index in [9.17, 15) is 14.7 Å². The van der Waals surface area contributed by atoms with Crippen LogP contribution in [0.2, 0.25) is 0 Å². The zero-order chi connectivity index (χ0) is 15.6. The minimum absolute atomic E-state index is 0.148. The number of aliphatic carboxylic acids is 1. The van der Waals surface area contributed by atoms with E-state index < -0.39 is 17.9 Å². The minimum Gasteiger partial charge on any atom is -0.480 e. The van der Waals surface area contributed by atoms with Gasteiger partial charge in [0.2, 0.25) is 0 Å². The second kappa shape index (κ2) is 5.95. The number of carbonyl (C=O) groups is 2. The van der Waals surface area contributed by atoms with Crippen molar-refractivity contribution in [3.05, 3.63) is 35.8 Å². The smallest absolute Gasteiger partial charge is 0.326 e. The molecule has 0 radical (unpaired) electrons. The van der Waals surface area contributed by atoms with E-state index >= 15 is 0 Å². The first kappa shape index (κ1) is 15.0. The van der Waals surface area contributed by atoms with Crippen LogP contribution < -0.4 is 5.32 Å². The fourth-order valence-corrected chi connectivity index (χ4v) is 2.16. The van der Waals surface area contributed by atoms with Gasteiger partial charge in [-0.15, -0.1) is 0 Å². The van der Waals surface area contributed by atoms with Crippen molar-refractivity contribution in [1.82, 2.24) is 14.7 Å². The maximum absolute atomic E-state index is 12.2. The van der Waals surface area contributed by atoms with Crippen molar-refractivity contribution in [3.8, 4) is 0 Å². The summed E-state index contributed by atoms with van der Waals surface area (Å²) >= 11 is 0. The van der Waals surface area contributed by atoms with Gasteiger partial charge in [-0.25, -0.2) is 9.78 Å². The highest BCUT2D eigenvalue weighted by Gasteiger charge is 2.26. The Labute approximate surface area is 122 Å². The van der Waals surface area contributed by atoms with Crippen LogP contribution in [0.5, 0.6) is 0 Å². The molecule has 2 atom stereocenters. The summed E-state index contributed by atoms with van der Waals surface area (Å²) in [4.78, 5) is 27.7. The summed E-state index contributed by atoms with van der Waals surface area (Å²) in [5.74, 6) is -1.64. The number of carboxylic acids is 1. The molecule has 2 aromatic heterocycles. The Bertz CT molecular complexity index is 678. The highest BCUT2D eigenvalue weighted by atomic mass is 16.4. The van der Waals surface area contributed by atoms with Gasteiger partial charge in [-0.1, -0.05) is 26.3 Å². The number of aryl methyl sites for hydroxylation is 1. The molecule has 2 aromatic rings. The molecule has 0 spiro atoms. The number of hydrogen-bond donors (Lipinski definition) is 2. The molecule has 0 saturated carbocycles. The molecule has 0 aliphatic rings. The van der Waals surface area contributed by atoms with Gasteiger partial charge in [0.05, 0.1) is 0 Å². The minimum atomic E-state index is -1.03. The highest BCUT2D eigenvalue weighted by Crippen LogP contribution is 2.12. The summed E-state index contributed by atoms with van der Waals surface area (Å²) in [6.07, 6.45) is 4.07. The van der Waals surface area contributed by atoms with Crippen molar-refractivity contribution in [2.45, 2.75) is 33.2 Å². The van der Waals surface area contributed by atoms with E-state index in [1.807, 2.05) is 26.0 Å². The first-order valence-electron chi connectivity index (χ1n) is 6.92. The van der Waals surface area contributed by atoms with Gasteiger partial charge in [-0.3, -0.25) is 4.79 Å². The highest BCUT2D eigenvalue weighted by molar-refractivity contribution is 5.95. The average Bonchev–Trinajstić information content (AvgIpc) is 2.89. The van der Waals surface area contributed by atoms with E-state index in [4.69, 9.17) is 0 Å². The Morgan fingerprint density at radius 1 is 1.48 bits per heavy atom. The number of nitrogens with zero attached hydrogens (tertiary/aromatic N) is 2. The lowest BCUT2D eigenvalue weighted by molar-refractivity contribution is -0.140. The predicted molar refractivity (Wildman–Crippen MR) is 78.3 cm³/mol. The summed E-state index contributed by atoms with van der Waals surface area (Å²) in [6, 6.07) is 2.86. The molecular weight excluding hydrogens is 270 g/mol. The lowest BCUT2D eigenvalue weighted by Gasteiger charge is -2.19. The van der Waals surface area contributed by atoms with Crippen molar-refractivity contribution in [2.75, 3.05) is 0 Å². The Hall–Kier alpha value is -2.37. The van der Waals surface area contributed by atoms with Crippen LogP contribution in [0.3, 0.4) is 0 Å². The Balaban J connectivity index is 2.25. The van der Waals surface area contributed by atoms with Crippen LogP contribution in [0.1, 0.15) is 36.3 Å². The van der Waals surface area contributed by atoms with Crippen LogP contribution >= 0.6 is 0 Å². The van der Waals surface area contributed by atoms with Crippen LogP contribution in [0.4, 0.5) is 0 Å². The molecule has 0 saturated heterocycles. The summed E-state index contributed by atoms with van der Waals surface area (Å²) < 4.78 is 1.75. The number of amides is 1. The molecule has 6 heteroatoms. The fraction of sp³-hybridized carbons (Fsp3) is 0.400. The number of hydrogen-bond acceptors (Lipinski definition) is 3. The van der Waals surface area contributed by atoms with Gasteiger partial charge in [0, 0.05) is 12.4 Å². The normalized spacial score (nSPS) is 13.9. The van der Waals surface area contributed by atoms with E-state index in [0.717, 1.165) is 5.56 Å². The van der Waals surface area contributed by atoms with Crippen LogP contribution in [-0.4, -0.2) is 32.4 Å². The summed E-state index contributed by atoms with van der Waals surface area (Å²) in [5.41, 5.74) is 1.87. The molecule has 2 unspecified atom stereocenters. The number of aromatic nitrogens is 2. The third-order valence-electron chi connectivity index (χ3n) is 3.68. The molecule has 1 amide bonds. The number of nitrogens with one attached hydrogen (secondary N) is 1. The maximum Gasteiger partial charge on any atom is 0.326 e. The molecule has 2 rings (SSSR count). The Morgan fingerprint density at radius 3 is 2.76 bits per heavy atom. The monoisotopic (exact) mass is 289 g/mol. The van der Waals surface area contributed by atoms with E-state index in [1.165, 1.54) is 0 Å². The number of pyridine rings is 1. The van der Waals surface area contributed by atoms with E-state index in [-0.39, 0.29) is 11.6 Å². The SMILES string of the molecule is CCC(C)C(NC(=O)c1cn2cccc(C)c2n1)C(=O)O. The van der Waals surface area contributed by atoms with E-state index in [1.54, 1.807) is 23.7 Å². The van der Waals surface area contributed by atoms with Crippen molar-refractivity contribution >= 4 is 17.5 Å². The van der Waals surface area contributed by atoms with Gasteiger partial charge in [-0.05, 0) is 24.5 Å². The molecule has 0 fully saturated rings. The fourth-order valence-electron chi connectivity index (χ4n) is 2.16. The molecule has 2 N–H and O–H groups in total. The molecule has 21 heavy (non-hydrogen) atoms. The largest absolute Gasteiger partial charge is 0.480 e. The van der Waals surface area contributed by atoms with Gasteiger partial charge < -0.3 is 14.8 Å². The van der Waals surface area contributed by atoms with E-state index in [0.29, 0.717) is 12.1 Å².